The van der Waals surface area contributed by atoms with Crippen molar-refractivity contribution < 1.29 is 0 Å². The van der Waals surface area contributed by atoms with E-state index in [0.29, 0.717) is 5.02 Å². The molecule has 2 N–H and O–H groups in total. The quantitative estimate of drug-likeness (QED) is 0.901. The number of nitrogen functional groups attached to an aromatic ring is 1. The first kappa shape index (κ1) is 13.4. The maximum Gasteiger partial charge on any atom is 0.222 e. The van der Waals surface area contributed by atoms with Crippen molar-refractivity contribution in [2.75, 3.05) is 44.4 Å². The van der Waals surface area contributed by atoms with E-state index >= 15 is 0 Å². The van der Waals surface area contributed by atoms with Crippen molar-refractivity contribution in [2.45, 2.75) is 12.8 Å². The van der Waals surface area contributed by atoms with Gasteiger partial charge in [0.1, 0.15) is 5.02 Å². The number of halogens is 1. The van der Waals surface area contributed by atoms with Gasteiger partial charge in [0, 0.05) is 19.6 Å². The maximum absolute atomic E-state index is 6.12. The van der Waals surface area contributed by atoms with Crippen LogP contribution in [0.5, 0.6) is 0 Å². The van der Waals surface area contributed by atoms with Crippen LogP contribution in [0.1, 0.15) is 12.8 Å². The summed E-state index contributed by atoms with van der Waals surface area (Å²) in [4.78, 5) is 12.6. The van der Waals surface area contributed by atoms with Crippen LogP contribution in [0.25, 0.3) is 0 Å². The third-order valence-electron chi connectivity index (χ3n) is 3.28. The van der Waals surface area contributed by atoms with Crippen LogP contribution in [0, 0.1) is 5.92 Å². The summed E-state index contributed by atoms with van der Waals surface area (Å²) < 4.78 is 0. The minimum atomic E-state index is 0.282. The smallest absolute Gasteiger partial charge is 0.222 e. The highest BCUT2D eigenvalue weighted by molar-refractivity contribution is 6.32. The Kier molecular flexibility index (Phi) is 4.24. The van der Waals surface area contributed by atoms with Crippen molar-refractivity contribution in [1.29, 1.82) is 0 Å². The molecule has 0 atom stereocenters. The van der Waals surface area contributed by atoms with Crippen LogP contribution >= 0.6 is 11.6 Å². The molecular weight excluding hydrogens is 250 g/mol. The second-order valence-electron chi connectivity index (χ2n) is 5.09. The van der Waals surface area contributed by atoms with E-state index in [2.05, 4.69) is 33.9 Å². The molecule has 1 aliphatic rings. The minimum absolute atomic E-state index is 0.282. The van der Waals surface area contributed by atoms with Crippen LogP contribution in [-0.4, -0.2) is 48.6 Å². The third-order valence-corrected chi connectivity index (χ3v) is 3.55. The summed E-state index contributed by atoms with van der Waals surface area (Å²) in [7, 11) is 4.24. The molecule has 2 rings (SSSR count). The Morgan fingerprint density at radius 3 is 2.72 bits per heavy atom. The van der Waals surface area contributed by atoms with Gasteiger partial charge < -0.3 is 15.5 Å². The average molecular weight is 270 g/mol. The lowest BCUT2D eigenvalue weighted by Crippen LogP contribution is -2.37. The summed E-state index contributed by atoms with van der Waals surface area (Å²) in [6, 6.07) is 0. The van der Waals surface area contributed by atoms with E-state index in [1.165, 1.54) is 12.8 Å². The van der Waals surface area contributed by atoms with Gasteiger partial charge in [0.05, 0.1) is 6.20 Å². The fourth-order valence-electron chi connectivity index (χ4n) is 2.44. The number of hydrogen-bond acceptors (Lipinski definition) is 5. The summed E-state index contributed by atoms with van der Waals surface area (Å²) in [5.41, 5.74) is 5.61. The second kappa shape index (κ2) is 5.71. The Morgan fingerprint density at radius 1 is 1.44 bits per heavy atom. The van der Waals surface area contributed by atoms with Gasteiger partial charge in [0.2, 0.25) is 5.95 Å². The minimum Gasteiger partial charge on any atom is -0.368 e. The first-order chi connectivity index (χ1) is 8.56. The molecule has 5 nitrogen and oxygen atoms in total. The van der Waals surface area contributed by atoms with Gasteiger partial charge in [-0.2, -0.15) is 4.98 Å². The topological polar surface area (TPSA) is 58.3 Å². The highest BCUT2D eigenvalue weighted by Gasteiger charge is 2.22. The van der Waals surface area contributed by atoms with Crippen LogP contribution in [0.15, 0.2) is 6.20 Å². The fourth-order valence-corrected chi connectivity index (χ4v) is 2.65. The lowest BCUT2D eigenvalue weighted by atomic mass is 9.96. The van der Waals surface area contributed by atoms with Crippen molar-refractivity contribution >= 4 is 23.4 Å². The standard InChI is InChI=1S/C12H20ClN5/c1-17(2)8-9-3-5-18(6-4-9)11-10(13)7-15-12(14)16-11/h7,9H,3-6,8H2,1-2H3,(H2,14,15,16). The molecular formula is C12H20ClN5. The van der Waals surface area contributed by atoms with E-state index in [9.17, 15) is 0 Å². The number of piperidine rings is 1. The zero-order valence-corrected chi connectivity index (χ0v) is 11.7. The Bertz CT molecular complexity index is 401. The van der Waals surface area contributed by atoms with E-state index in [1.807, 2.05) is 0 Å². The molecule has 6 heteroatoms. The number of nitrogens with two attached hydrogens (primary N) is 1. The molecule has 0 radical (unpaired) electrons. The Morgan fingerprint density at radius 2 is 2.11 bits per heavy atom. The van der Waals surface area contributed by atoms with Crippen LogP contribution in [0.4, 0.5) is 11.8 Å². The SMILES string of the molecule is CN(C)CC1CCN(c2nc(N)ncc2Cl)CC1. The number of hydrogen-bond donors (Lipinski definition) is 1. The molecule has 0 bridgehead atoms. The molecule has 1 aliphatic heterocycles. The Labute approximate surface area is 113 Å². The molecule has 1 saturated heterocycles. The Balaban J connectivity index is 1.99. The van der Waals surface area contributed by atoms with Gasteiger partial charge in [-0.05, 0) is 32.9 Å². The van der Waals surface area contributed by atoms with Gasteiger partial charge >= 0.3 is 0 Å². The molecule has 0 spiro atoms. The first-order valence-electron chi connectivity index (χ1n) is 6.24. The van der Waals surface area contributed by atoms with Gasteiger partial charge in [-0.25, -0.2) is 4.98 Å². The molecule has 2 heterocycles. The highest BCUT2D eigenvalue weighted by Crippen LogP contribution is 2.27. The molecule has 0 saturated carbocycles. The summed E-state index contributed by atoms with van der Waals surface area (Å²) in [6.45, 7) is 3.11. The van der Waals surface area contributed by atoms with Crippen molar-refractivity contribution in [1.82, 2.24) is 14.9 Å². The fraction of sp³-hybridized carbons (Fsp3) is 0.667. The summed E-state index contributed by atoms with van der Waals surface area (Å²) >= 11 is 6.12. The summed E-state index contributed by atoms with van der Waals surface area (Å²) in [6.07, 6.45) is 3.90. The predicted octanol–water partition coefficient (Wildman–Crippen LogP) is 1.49. The normalized spacial score (nSPS) is 17.4. The van der Waals surface area contributed by atoms with Gasteiger partial charge in [0.15, 0.2) is 5.82 Å². The lowest BCUT2D eigenvalue weighted by molar-refractivity contribution is 0.284. The first-order valence-corrected chi connectivity index (χ1v) is 6.61. The predicted molar refractivity (Wildman–Crippen MR) is 74.9 cm³/mol. The molecule has 100 valence electrons. The Hall–Kier alpha value is -1.07. The van der Waals surface area contributed by atoms with Crippen LogP contribution in [0.2, 0.25) is 5.02 Å². The number of anilines is 2. The van der Waals surface area contributed by atoms with Crippen molar-refractivity contribution in [2.24, 2.45) is 5.92 Å². The van der Waals surface area contributed by atoms with Gasteiger partial charge in [-0.1, -0.05) is 11.6 Å². The molecule has 1 fully saturated rings. The van der Waals surface area contributed by atoms with Crippen LogP contribution in [-0.2, 0) is 0 Å². The molecule has 0 amide bonds. The van der Waals surface area contributed by atoms with Crippen LogP contribution < -0.4 is 10.6 Å². The van der Waals surface area contributed by atoms with Crippen LogP contribution in [0.3, 0.4) is 0 Å². The molecule has 1 aromatic heterocycles. The van der Waals surface area contributed by atoms with E-state index in [0.717, 1.165) is 31.4 Å². The van der Waals surface area contributed by atoms with Gasteiger partial charge in [-0.3, -0.25) is 0 Å². The van der Waals surface area contributed by atoms with Crippen molar-refractivity contribution in [3.8, 4) is 0 Å². The highest BCUT2D eigenvalue weighted by atomic mass is 35.5. The van der Waals surface area contributed by atoms with E-state index in [-0.39, 0.29) is 5.95 Å². The van der Waals surface area contributed by atoms with Crippen molar-refractivity contribution in [3.05, 3.63) is 11.2 Å². The van der Waals surface area contributed by atoms with Gasteiger partial charge in [-0.15, -0.1) is 0 Å². The third kappa shape index (κ3) is 3.23. The molecule has 0 aromatic carbocycles. The molecule has 0 aliphatic carbocycles. The second-order valence-corrected chi connectivity index (χ2v) is 5.50. The van der Waals surface area contributed by atoms with E-state index in [4.69, 9.17) is 17.3 Å². The zero-order valence-electron chi connectivity index (χ0n) is 10.9. The lowest BCUT2D eigenvalue weighted by Gasteiger charge is -2.34. The number of rotatable bonds is 3. The number of aromatic nitrogens is 2. The maximum atomic E-state index is 6.12. The number of nitrogens with zero attached hydrogens (tertiary/aromatic N) is 4. The molecule has 0 unspecified atom stereocenters. The summed E-state index contributed by atoms with van der Waals surface area (Å²) in [5, 5.41) is 0.579. The monoisotopic (exact) mass is 269 g/mol. The largest absolute Gasteiger partial charge is 0.368 e. The van der Waals surface area contributed by atoms with E-state index in [1.54, 1.807) is 6.20 Å². The van der Waals surface area contributed by atoms with Crippen molar-refractivity contribution in [3.63, 3.8) is 0 Å². The van der Waals surface area contributed by atoms with E-state index < -0.39 is 0 Å². The molecule has 18 heavy (non-hydrogen) atoms. The average Bonchev–Trinajstić information content (AvgIpc) is 2.33. The molecule has 1 aromatic rings. The summed E-state index contributed by atoms with van der Waals surface area (Å²) in [5.74, 6) is 1.81. The van der Waals surface area contributed by atoms with Gasteiger partial charge in [0.25, 0.3) is 0 Å². The zero-order chi connectivity index (χ0) is 13.1.